The topological polar surface area (TPSA) is 97.2 Å². The Bertz CT molecular complexity index is 833. The molecule has 27 heavy (non-hydrogen) atoms. The Labute approximate surface area is 159 Å². The maximum Gasteiger partial charge on any atom is 0.288 e. The van der Waals surface area contributed by atoms with E-state index < -0.39 is 0 Å². The van der Waals surface area contributed by atoms with Crippen molar-refractivity contribution in [2.45, 2.75) is 32.9 Å². The third-order valence-electron chi connectivity index (χ3n) is 5.01. The van der Waals surface area contributed by atoms with Crippen molar-refractivity contribution in [1.29, 1.82) is 0 Å². The van der Waals surface area contributed by atoms with Gasteiger partial charge in [0.2, 0.25) is 11.7 Å². The Hall–Kier alpha value is -2.68. The number of aryl methyl sites for hydroxylation is 2. The van der Waals surface area contributed by atoms with Gasteiger partial charge in [-0.3, -0.25) is 4.79 Å². The monoisotopic (exact) mass is 373 g/mol. The number of hydrogen-bond acceptors (Lipinski definition) is 7. The number of carbonyl (C=O) groups is 1. The highest BCUT2D eigenvalue weighted by Crippen LogP contribution is 2.24. The Morgan fingerprint density at radius 1 is 1.37 bits per heavy atom. The Morgan fingerprint density at radius 3 is 2.85 bits per heavy atom. The molecule has 1 atom stereocenters. The number of nitrogens with zero attached hydrogens (tertiary/aromatic N) is 5. The van der Waals surface area contributed by atoms with Crippen LogP contribution >= 0.6 is 0 Å². The van der Waals surface area contributed by atoms with Crippen molar-refractivity contribution in [3.8, 4) is 5.88 Å². The predicted octanol–water partition coefficient (Wildman–Crippen LogP) is 0.564. The molecule has 9 heteroatoms. The van der Waals surface area contributed by atoms with Crippen LogP contribution < -0.4 is 20.3 Å². The molecule has 0 aromatic carbocycles. The van der Waals surface area contributed by atoms with Gasteiger partial charge in [-0.15, -0.1) is 0 Å². The van der Waals surface area contributed by atoms with E-state index in [2.05, 4.69) is 30.6 Å². The molecule has 0 radical (unpaired) electrons. The van der Waals surface area contributed by atoms with Crippen LogP contribution in [0.1, 0.15) is 33.9 Å². The van der Waals surface area contributed by atoms with E-state index in [9.17, 15) is 4.79 Å². The number of methoxy groups -OCH3 is 1. The van der Waals surface area contributed by atoms with E-state index in [0.29, 0.717) is 12.6 Å². The first-order valence-corrected chi connectivity index (χ1v) is 9.05. The lowest BCUT2D eigenvalue weighted by Gasteiger charge is -2.21. The molecular formula is C18H27N7O2. The number of aromatic nitrogens is 4. The Kier molecular flexibility index (Phi) is 5.59. The van der Waals surface area contributed by atoms with E-state index in [0.717, 1.165) is 48.0 Å². The van der Waals surface area contributed by atoms with Crippen molar-refractivity contribution in [1.82, 2.24) is 30.4 Å². The zero-order chi connectivity index (χ0) is 19.6. The molecule has 3 rings (SSSR count). The zero-order valence-electron chi connectivity index (χ0n) is 16.5. The molecule has 3 heterocycles. The van der Waals surface area contributed by atoms with Gasteiger partial charge in [0.15, 0.2) is 0 Å². The molecule has 1 saturated heterocycles. The summed E-state index contributed by atoms with van der Waals surface area (Å²) in [6, 6.07) is 0.327. The smallest absolute Gasteiger partial charge is 0.288 e. The maximum absolute atomic E-state index is 11.9. The van der Waals surface area contributed by atoms with Gasteiger partial charge in [-0.1, -0.05) is 0 Å². The summed E-state index contributed by atoms with van der Waals surface area (Å²) in [5.74, 6) is 1.56. The quantitative estimate of drug-likeness (QED) is 0.764. The second kappa shape index (κ2) is 7.91. The summed E-state index contributed by atoms with van der Waals surface area (Å²) in [4.78, 5) is 23.0. The summed E-state index contributed by atoms with van der Waals surface area (Å²) >= 11 is 0. The van der Waals surface area contributed by atoms with E-state index in [1.807, 2.05) is 27.1 Å². The van der Waals surface area contributed by atoms with Gasteiger partial charge < -0.3 is 20.3 Å². The molecule has 0 aliphatic carbocycles. The van der Waals surface area contributed by atoms with Gasteiger partial charge >= 0.3 is 0 Å². The predicted molar refractivity (Wildman–Crippen MR) is 102 cm³/mol. The minimum Gasteiger partial charge on any atom is -0.481 e. The Morgan fingerprint density at radius 2 is 2.15 bits per heavy atom. The van der Waals surface area contributed by atoms with E-state index in [1.165, 1.54) is 0 Å². The minimum atomic E-state index is -0.267. The first-order chi connectivity index (χ1) is 12.9. The van der Waals surface area contributed by atoms with E-state index in [4.69, 9.17) is 4.74 Å². The van der Waals surface area contributed by atoms with Gasteiger partial charge in [-0.2, -0.15) is 5.10 Å². The van der Waals surface area contributed by atoms with Gasteiger partial charge in [-0.05, 0) is 20.3 Å². The number of hydrogen-bond donors (Lipinski definition) is 2. The van der Waals surface area contributed by atoms with Crippen molar-refractivity contribution < 1.29 is 9.53 Å². The summed E-state index contributed by atoms with van der Waals surface area (Å²) in [6.07, 6.45) is 2.83. The van der Waals surface area contributed by atoms with Gasteiger partial charge in [0, 0.05) is 56.6 Å². The number of amides is 1. The van der Waals surface area contributed by atoms with Crippen molar-refractivity contribution in [3.63, 3.8) is 0 Å². The highest BCUT2D eigenvalue weighted by molar-refractivity contribution is 5.90. The van der Waals surface area contributed by atoms with Crippen molar-refractivity contribution >= 4 is 11.7 Å². The van der Waals surface area contributed by atoms with E-state index in [-0.39, 0.29) is 11.7 Å². The second-order valence-corrected chi connectivity index (χ2v) is 6.78. The van der Waals surface area contributed by atoms with Crippen LogP contribution in [0, 0.1) is 13.8 Å². The lowest BCUT2D eigenvalue weighted by atomic mass is 10.2. The van der Waals surface area contributed by atoms with Crippen molar-refractivity contribution in [2.75, 3.05) is 32.1 Å². The van der Waals surface area contributed by atoms with Crippen LogP contribution in [-0.2, 0) is 13.6 Å². The van der Waals surface area contributed by atoms with E-state index in [1.54, 1.807) is 18.8 Å². The molecule has 1 aliphatic heterocycles. The summed E-state index contributed by atoms with van der Waals surface area (Å²) in [6.45, 7) is 6.31. The van der Waals surface area contributed by atoms with E-state index >= 15 is 0 Å². The zero-order valence-corrected chi connectivity index (χ0v) is 16.5. The number of carbonyl (C=O) groups excluding carboxylic acids is 1. The minimum absolute atomic E-state index is 0.215. The van der Waals surface area contributed by atoms with Gasteiger partial charge in [0.25, 0.3) is 5.91 Å². The molecule has 1 amide bonds. The first-order valence-electron chi connectivity index (χ1n) is 9.05. The summed E-state index contributed by atoms with van der Waals surface area (Å²) in [5.41, 5.74) is 2.88. The van der Waals surface area contributed by atoms with Gasteiger partial charge in [0.1, 0.15) is 5.82 Å². The largest absolute Gasteiger partial charge is 0.481 e. The summed E-state index contributed by atoms with van der Waals surface area (Å²) in [5, 5.41) is 10.4. The molecule has 2 aromatic heterocycles. The van der Waals surface area contributed by atoms with Crippen LogP contribution in [0.5, 0.6) is 5.88 Å². The normalized spacial score (nSPS) is 16.6. The first kappa shape index (κ1) is 19.1. The molecular weight excluding hydrogens is 346 g/mol. The van der Waals surface area contributed by atoms with Crippen LogP contribution in [0.4, 0.5) is 5.82 Å². The molecule has 0 spiro atoms. The van der Waals surface area contributed by atoms with Crippen LogP contribution in [0.15, 0.2) is 6.20 Å². The lowest BCUT2D eigenvalue weighted by Crippen LogP contribution is -2.33. The molecule has 2 aromatic rings. The van der Waals surface area contributed by atoms with Crippen molar-refractivity contribution in [2.24, 2.45) is 7.05 Å². The highest BCUT2D eigenvalue weighted by atomic mass is 16.5. The average Bonchev–Trinajstić information content (AvgIpc) is 3.27. The SMILES string of the molecule is CNC(=O)c1nc(C)c(C)c(N2CC[C@@H](NCc3cnn(C)c3OC)C2)n1. The van der Waals surface area contributed by atoms with Crippen molar-refractivity contribution in [3.05, 3.63) is 28.8 Å². The average molecular weight is 373 g/mol. The molecule has 1 aliphatic rings. The number of ether oxygens (including phenoxy) is 1. The van der Waals surface area contributed by atoms with Crippen LogP contribution in [0.25, 0.3) is 0 Å². The van der Waals surface area contributed by atoms with Gasteiger partial charge in [-0.25, -0.2) is 14.6 Å². The molecule has 1 fully saturated rings. The van der Waals surface area contributed by atoms with Gasteiger partial charge in [0.05, 0.1) is 13.3 Å². The molecule has 9 nitrogen and oxygen atoms in total. The van der Waals surface area contributed by atoms with Crippen LogP contribution in [-0.4, -0.2) is 58.9 Å². The molecule has 2 N–H and O–H groups in total. The fourth-order valence-corrected chi connectivity index (χ4v) is 3.36. The van der Waals surface area contributed by atoms with Crippen LogP contribution in [0.3, 0.4) is 0 Å². The summed E-state index contributed by atoms with van der Waals surface area (Å²) in [7, 11) is 5.11. The maximum atomic E-state index is 11.9. The molecule has 0 saturated carbocycles. The lowest BCUT2D eigenvalue weighted by molar-refractivity contribution is 0.0952. The standard InChI is InChI=1S/C18H27N7O2/c1-11-12(2)22-15(17(26)19-3)23-16(11)25-7-6-14(10-25)20-8-13-9-21-24(4)18(13)27-5/h9,14,20H,6-8,10H2,1-5H3,(H,19,26)/t14-/m1/s1. The third kappa shape index (κ3) is 3.87. The van der Waals surface area contributed by atoms with Crippen LogP contribution in [0.2, 0.25) is 0 Å². The second-order valence-electron chi connectivity index (χ2n) is 6.78. The highest BCUT2D eigenvalue weighted by Gasteiger charge is 2.26. The summed E-state index contributed by atoms with van der Waals surface area (Å²) < 4.78 is 7.12. The number of nitrogens with one attached hydrogen (secondary N) is 2. The Balaban J connectivity index is 1.69. The fourth-order valence-electron chi connectivity index (χ4n) is 3.36. The molecule has 0 bridgehead atoms. The fraction of sp³-hybridized carbons (Fsp3) is 0.556. The number of rotatable bonds is 6. The molecule has 0 unspecified atom stereocenters. The third-order valence-corrected chi connectivity index (χ3v) is 5.01. The number of anilines is 1. The molecule has 146 valence electrons.